The van der Waals surface area contributed by atoms with E-state index < -0.39 is 23.7 Å². The van der Waals surface area contributed by atoms with Gasteiger partial charge < -0.3 is 4.90 Å². The Labute approximate surface area is 203 Å². The predicted octanol–water partition coefficient (Wildman–Crippen LogP) is 6.35. The van der Waals surface area contributed by atoms with Crippen molar-refractivity contribution in [2.45, 2.75) is 65.7 Å². The maximum atomic E-state index is 13.9. The lowest BCUT2D eigenvalue weighted by Gasteiger charge is -2.44. The quantitative estimate of drug-likeness (QED) is 0.435. The van der Waals surface area contributed by atoms with Gasteiger partial charge in [-0.05, 0) is 62.9 Å². The maximum Gasteiger partial charge on any atom is 0.416 e. The molecule has 5 nitrogen and oxygen atoms in total. The fraction of sp³-hybridized carbons (Fsp3) is 0.407. The molecule has 3 atom stereocenters. The van der Waals surface area contributed by atoms with Crippen LogP contribution in [0.5, 0.6) is 0 Å². The standard InChI is InChI=1S/C27H29F3N4O/c1-6-15(2)25-24-20(23(32-18(5)33-24)22-12-7-8-13-31-22)14-16(3)34(25)26(35)19-10-9-11-21(17(19)4)27(28,29)30/h7-13,15-16,25H,6,14H2,1-5H3/t15?,16-,25?/m0/s1. The number of amides is 1. The Morgan fingerprint density at radius 1 is 1.14 bits per heavy atom. The summed E-state index contributed by atoms with van der Waals surface area (Å²) < 4.78 is 40.7. The minimum Gasteiger partial charge on any atom is -0.327 e. The van der Waals surface area contributed by atoms with Crippen LogP contribution in [-0.2, 0) is 12.6 Å². The second kappa shape index (κ2) is 9.40. The van der Waals surface area contributed by atoms with Crippen molar-refractivity contribution in [1.82, 2.24) is 19.9 Å². The SMILES string of the molecule is CCC(C)C1c2nc(C)nc(-c3ccccn3)c2C[C@H](C)N1C(=O)c1cccc(C(F)(F)F)c1C. The third kappa shape index (κ3) is 4.54. The van der Waals surface area contributed by atoms with Gasteiger partial charge in [0.15, 0.2) is 0 Å². The number of nitrogens with zero attached hydrogens (tertiary/aromatic N) is 4. The lowest BCUT2D eigenvalue weighted by molar-refractivity contribution is -0.138. The number of pyridine rings is 1. The summed E-state index contributed by atoms with van der Waals surface area (Å²) in [6.45, 7) is 9.18. The van der Waals surface area contributed by atoms with E-state index in [0.717, 1.165) is 35.1 Å². The summed E-state index contributed by atoms with van der Waals surface area (Å²) >= 11 is 0. The summed E-state index contributed by atoms with van der Waals surface area (Å²) in [5, 5.41) is 0. The molecule has 184 valence electrons. The molecule has 2 aromatic heterocycles. The summed E-state index contributed by atoms with van der Waals surface area (Å²) in [5.41, 5.74) is 2.40. The summed E-state index contributed by atoms with van der Waals surface area (Å²) in [4.78, 5) is 29.6. The van der Waals surface area contributed by atoms with Gasteiger partial charge in [0.05, 0.1) is 28.7 Å². The Kier molecular flexibility index (Phi) is 6.66. The lowest BCUT2D eigenvalue weighted by Crippen LogP contribution is -2.49. The minimum absolute atomic E-state index is 0.0254. The van der Waals surface area contributed by atoms with E-state index in [4.69, 9.17) is 4.98 Å². The molecule has 0 N–H and O–H groups in total. The molecule has 0 bridgehead atoms. The number of fused-ring (bicyclic) bond motifs is 1. The van der Waals surface area contributed by atoms with Gasteiger partial charge in [-0.25, -0.2) is 9.97 Å². The molecule has 8 heteroatoms. The van der Waals surface area contributed by atoms with Gasteiger partial charge in [0.1, 0.15) is 5.82 Å². The number of aromatic nitrogens is 3. The van der Waals surface area contributed by atoms with E-state index in [9.17, 15) is 18.0 Å². The Morgan fingerprint density at radius 3 is 2.51 bits per heavy atom. The zero-order valence-corrected chi connectivity index (χ0v) is 20.5. The van der Waals surface area contributed by atoms with Crippen molar-refractivity contribution in [3.05, 3.63) is 76.4 Å². The van der Waals surface area contributed by atoms with E-state index in [1.54, 1.807) is 11.1 Å². The Bertz CT molecular complexity index is 1240. The Hall–Kier alpha value is -3.29. The van der Waals surface area contributed by atoms with Crippen LogP contribution in [0.2, 0.25) is 0 Å². The highest BCUT2D eigenvalue weighted by atomic mass is 19.4. The molecule has 0 saturated heterocycles. The van der Waals surface area contributed by atoms with Crippen molar-refractivity contribution >= 4 is 5.91 Å². The fourth-order valence-corrected chi connectivity index (χ4v) is 4.98. The summed E-state index contributed by atoms with van der Waals surface area (Å²) in [6.07, 6.45) is -1.56. The Balaban J connectivity index is 1.88. The van der Waals surface area contributed by atoms with E-state index >= 15 is 0 Å². The molecule has 3 aromatic rings. The molecule has 0 fully saturated rings. The predicted molar refractivity (Wildman–Crippen MR) is 128 cm³/mol. The van der Waals surface area contributed by atoms with Gasteiger partial charge in [0.25, 0.3) is 5.91 Å². The molecule has 4 rings (SSSR count). The summed E-state index contributed by atoms with van der Waals surface area (Å²) in [5.74, 6) is 0.181. The highest BCUT2D eigenvalue weighted by molar-refractivity contribution is 5.96. The second-order valence-corrected chi connectivity index (χ2v) is 9.27. The van der Waals surface area contributed by atoms with E-state index in [1.807, 2.05) is 45.9 Å². The minimum atomic E-state index is -4.53. The number of rotatable bonds is 4. The molecule has 3 heterocycles. The molecule has 1 aromatic carbocycles. The van der Waals surface area contributed by atoms with Gasteiger partial charge in [-0.3, -0.25) is 9.78 Å². The smallest absolute Gasteiger partial charge is 0.327 e. The molecule has 35 heavy (non-hydrogen) atoms. The van der Waals surface area contributed by atoms with Gasteiger partial charge in [-0.1, -0.05) is 32.4 Å². The number of carbonyl (C=O) groups is 1. The van der Waals surface area contributed by atoms with Crippen LogP contribution in [0.4, 0.5) is 13.2 Å². The lowest BCUT2D eigenvalue weighted by atomic mass is 9.83. The van der Waals surface area contributed by atoms with Crippen molar-refractivity contribution < 1.29 is 18.0 Å². The fourth-order valence-electron chi connectivity index (χ4n) is 4.98. The van der Waals surface area contributed by atoms with Crippen LogP contribution in [0.15, 0.2) is 42.6 Å². The number of aryl methyl sites for hydroxylation is 1. The van der Waals surface area contributed by atoms with Crippen LogP contribution in [-0.4, -0.2) is 31.8 Å². The van der Waals surface area contributed by atoms with E-state index in [1.165, 1.54) is 19.1 Å². The van der Waals surface area contributed by atoms with Crippen LogP contribution in [0, 0.1) is 19.8 Å². The molecule has 0 spiro atoms. The van der Waals surface area contributed by atoms with Gasteiger partial charge in [-0.15, -0.1) is 0 Å². The summed E-state index contributed by atoms with van der Waals surface area (Å²) in [6, 6.07) is 8.77. The first-order valence-electron chi connectivity index (χ1n) is 11.8. The number of halogens is 3. The molecule has 0 saturated carbocycles. The highest BCUT2D eigenvalue weighted by Crippen LogP contribution is 2.42. The molecular formula is C27H29F3N4O. The molecule has 2 unspecified atom stereocenters. The first-order chi connectivity index (χ1) is 16.5. The highest BCUT2D eigenvalue weighted by Gasteiger charge is 2.42. The van der Waals surface area contributed by atoms with E-state index in [-0.39, 0.29) is 23.1 Å². The maximum absolute atomic E-state index is 13.9. The number of hydrogen-bond acceptors (Lipinski definition) is 4. The van der Waals surface area contributed by atoms with Crippen LogP contribution in [0.1, 0.15) is 71.8 Å². The molecule has 0 radical (unpaired) electrons. The van der Waals surface area contributed by atoms with Gasteiger partial charge in [0, 0.05) is 23.4 Å². The van der Waals surface area contributed by atoms with Gasteiger partial charge in [-0.2, -0.15) is 13.2 Å². The normalized spacial score (nSPS) is 18.8. The molecule has 1 aliphatic heterocycles. The summed E-state index contributed by atoms with van der Waals surface area (Å²) in [7, 11) is 0. The average Bonchev–Trinajstić information content (AvgIpc) is 2.82. The number of benzene rings is 1. The van der Waals surface area contributed by atoms with E-state index in [2.05, 4.69) is 9.97 Å². The van der Waals surface area contributed by atoms with Gasteiger partial charge in [0.2, 0.25) is 0 Å². The van der Waals surface area contributed by atoms with Crippen molar-refractivity contribution in [2.75, 3.05) is 0 Å². The van der Waals surface area contributed by atoms with Crippen molar-refractivity contribution in [2.24, 2.45) is 5.92 Å². The van der Waals surface area contributed by atoms with Crippen molar-refractivity contribution in [3.63, 3.8) is 0 Å². The topological polar surface area (TPSA) is 59.0 Å². The van der Waals surface area contributed by atoms with Crippen LogP contribution in [0.25, 0.3) is 11.4 Å². The van der Waals surface area contributed by atoms with Crippen molar-refractivity contribution in [1.29, 1.82) is 0 Å². The van der Waals surface area contributed by atoms with Gasteiger partial charge >= 0.3 is 6.18 Å². The molecule has 1 amide bonds. The number of hydrogen-bond donors (Lipinski definition) is 0. The third-order valence-electron chi connectivity index (χ3n) is 6.90. The largest absolute Gasteiger partial charge is 0.416 e. The zero-order valence-electron chi connectivity index (χ0n) is 20.5. The Morgan fingerprint density at radius 2 is 1.89 bits per heavy atom. The first kappa shape index (κ1) is 24.8. The second-order valence-electron chi connectivity index (χ2n) is 9.27. The van der Waals surface area contributed by atoms with E-state index in [0.29, 0.717) is 12.2 Å². The van der Waals surface area contributed by atoms with Crippen LogP contribution >= 0.6 is 0 Å². The average molecular weight is 483 g/mol. The van der Waals surface area contributed by atoms with Crippen LogP contribution < -0.4 is 0 Å². The molecule has 0 aliphatic carbocycles. The van der Waals surface area contributed by atoms with Crippen molar-refractivity contribution in [3.8, 4) is 11.4 Å². The molecule has 1 aliphatic rings. The molecular weight excluding hydrogens is 453 g/mol. The monoisotopic (exact) mass is 482 g/mol. The third-order valence-corrected chi connectivity index (χ3v) is 6.90. The first-order valence-corrected chi connectivity index (χ1v) is 11.8. The van der Waals surface area contributed by atoms with Crippen LogP contribution in [0.3, 0.4) is 0 Å². The zero-order chi connectivity index (χ0) is 25.5. The number of carbonyl (C=O) groups excluding carboxylic acids is 1. The number of alkyl halides is 3.